The summed E-state index contributed by atoms with van der Waals surface area (Å²) in [7, 11) is -3.54. The molecule has 0 amide bonds. The normalized spacial score (nSPS) is 15.0. The van der Waals surface area contributed by atoms with Crippen LogP contribution in [0.5, 0.6) is 17.5 Å². The van der Waals surface area contributed by atoms with Crippen molar-refractivity contribution in [2.45, 2.75) is 30.8 Å². The number of carbonyl (C=O) groups is 1. The van der Waals surface area contributed by atoms with Crippen molar-refractivity contribution in [1.29, 1.82) is 0 Å². The van der Waals surface area contributed by atoms with E-state index in [1.807, 2.05) is 0 Å². The van der Waals surface area contributed by atoms with Gasteiger partial charge < -0.3 is 9.47 Å². The minimum absolute atomic E-state index is 0.0158. The average molecular weight is 534 g/mol. The number of carbonyl (C=O) groups excluding carboxylic acids is 1. The fourth-order valence-corrected chi connectivity index (χ4v) is 4.66. The smallest absolute Gasteiger partial charge is 0.229 e. The van der Waals surface area contributed by atoms with Crippen LogP contribution in [0.2, 0.25) is 5.02 Å². The van der Waals surface area contributed by atoms with E-state index >= 15 is 0 Å². The van der Waals surface area contributed by atoms with Crippen LogP contribution >= 0.6 is 11.6 Å². The molecule has 190 valence electrons. The fourth-order valence-electron chi connectivity index (χ4n) is 3.84. The van der Waals surface area contributed by atoms with Crippen molar-refractivity contribution >= 4 is 27.2 Å². The number of likely N-dealkylation sites (tertiary alicyclic amines) is 1. The zero-order valence-corrected chi connectivity index (χ0v) is 21.4. The van der Waals surface area contributed by atoms with Crippen LogP contribution in [-0.4, -0.2) is 61.1 Å². The first-order chi connectivity index (χ1) is 17.1. The Labute approximate surface area is 214 Å². The number of ketones is 1. The van der Waals surface area contributed by atoms with Gasteiger partial charge in [0.2, 0.25) is 11.8 Å². The number of piperidine rings is 1. The molecule has 4 rings (SSSR count). The Morgan fingerprint density at radius 3 is 2.53 bits per heavy atom. The van der Waals surface area contributed by atoms with Crippen molar-refractivity contribution in [3.8, 4) is 17.5 Å². The maximum absolute atomic E-state index is 14.4. The molecule has 2 heterocycles. The summed E-state index contributed by atoms with van der Waals surface area (Å²) in [6.45, 7) is 3.37. The maximum atomic E-state index is 14.4. The van der Waals surface area contributed by atoms with Crippen LogP contribution in [0.3, 0.4) is 0 Å². The van der Waals surface area contributed by atoms with Crippen LogP contribution in [0.1, 0.15) is 28.8 Å². The molecule has 0 atom stereocenters. The van der Waals surface area contributed by atoms with Crippen molar-refractivity contribution in [2.24, 2.45) is 0 Å². The third-order valence-corrected chi connectivity index (χ3v) is 7.20. The number of nitrogens with zero attached hydrogens (tertiary/aromatic N) is 3. The van der Waals surface area contributed by atoms with E-state index in [0.717, 1.165) is 12.3 Å². The second-order valence-corrected chi connectivity index (χ2v) is 11.1. The molecule has 3 aromatic rings. The van der Waals surface area contributed by atoms with Gasteiger partial charge in [-0.3, -0.25) is 9.69 Å². The highest BCUT2D eigenvalue weighted by Gasteiger charge is 2.24. The molecule has 1 aliphatic heterocycles. The highest BCUT2D eigenvalue weighted by molar-refractivity contribution is 7.90. The molecule has 0 N–H and O–H groups in total. The second-order valence-electron chi connectivity index (χ2n) is 8.60. The predicted octanol–water partition coefficient (Wildman–Crippen LogP) is 4.50. The predicted molar refractivity (Wildman–Crippen MR) is 132 cm³/mol. The Kier molecular flexibility index (Phi) is 7.87. The first-order valence-electron chi connectivity index (χ1n) is 11.3. The molecule has 2 aromatic carbocycles. The highest BCUT2D eigenvalue weighted by atomic mass is 35.5. The Hall–Kier alpha value is -3.08. The lowest BCUT2D eigenvalue weighted by Crippen LogP contribution is -2.41. The van der Waals surface area contributed by atoms with Gasteiger partial charge in [0.15, 0.2) is 27.2 Å². The minimum atomic E-state index is -3.54. The standard InChI is InChI=1S/C25H25ClFN3O5S/c1-16-24(28-15-29-25(16)35-23-7-6-20(13-21(23)27)36(2,32)33)34-19-8-10-30(11-9-19)14-22(31)17-4-3-5-18(26)12-17/h3-7,12-13,15,19H,8-11,14H2,1-2H3. The van der Waals surface area contributed by atoms with Crippen LogP contribution in [0.15, 0.2) is 53.7 Å². The first-order valence-corrected chi connectivity index (χ1v) is 13.5. The van der Waals surface area contributed by atoms with Gasteiger partial charge in [0.25, 0.3) is 0 Å². The Balaban J connectivity index is 1.36. The quantitative estimate of drug-likeness (QED) is 0.390. The molecule has 8 nitrogen and oxygen atoms in total. The summed E-state index contributed by atoms with van der Waals surface area (Å²) < 4.78 is 49.3. The van der Waals surface area contributed by atoms with E-state index in [0.29, 0.717) is 54.5 Å². The number of hydrogen-bond acceptors (Lipinski definition) is 8. The van der Waals surface area contributed by atoms with E-state index in [9.17, 15) is 17.6 Å². The summed E-state index contributed by atoms with van der Waals surface area (Å²) in [5, 5.41) is 0.533. The lowest BCUT2D eigenvalue weighted by molar-refractivity contribution is 0.0774. The molecule has 0 unspecified atom stereocenters. The molecule has 0 radical (unpaired) electrons. The summed E-state index contributed by atoms with van der Waals surface area (Å²) in [4.78, 5) is 22.7. The van der Waals surface area contributed by atoms with Crippen molar-refractivity contribution in [2.75, 3.05) is 25.9 Å². The lowest BCUT2D eigenvalue weighted by atomic mass is 10.1. The van der Waals surface area contributed by atoms with Gasteiger partial charge in [0.1, 0.15) is 12.4 Å². The number of Topliss-reactive ketones (excluding diaryl/α,β-unsaturated/α-hetero) is 1. The number of ether oxygens (including phenoxy) is 2. The summed E-state index contributed by atoms with van der Waals surface area (Å²) in [5.41, 5.74) is 1.08. The van der Waals surface area contributed by atoms with E-state index in [4.69, 9.17) is 21.1 Å². The number of benzene rings is 2. The van der Waals surface area contributed by atoms with E-state index in [-0.39, 0.29) is 28.4 Å². The average Bonchev–Trinajstić information content (AvgIpc) is 2.83. The minimum Gasteiger partial charge on any atom is -0.474 e. The van der Waals surface area contributed by atoms with Gasteiger partial charge in [-0.2, -0.15) is 0 Å². The molecule has 1 saturated heterocycles. The summed E-state index contributed by atoms with van der Waals surface area (Å²) in [6, 6.07) is 10.3. The van der Waals surface area contributed by atoms with Crippen LogP contribution in [0, 0.1) is 12.7 Å². The number of rotatable bonds is 8. The van der Waals surface area contributed by atoms with Crippen LogP contribution in [0.25, 0.3) is 0 Å². The van der Waals surface area contributed by atoms with Gasteiger partial charge in [-0.05, 0) is 50.1 Å². The van der Waals surface area contributed by atoms with Gasteiger partial charge in [-0.25, -0.2) is 22.8 Å². The third-order valence-electron chi connectivity index (χ3n) is 5.86. The number of hydrogen-bond donors (Lipinski definition) is 0. The monoisotopic (exact) mass is 533 g/mol. The number of halogens is 2. The van der Waals surface area contributed by atoms with Gasteiger partial charge >= 0.3 is 0 Å². The maximum Gasteiger partial charge on any atom is 0.229 e. The molecule has 1 aliphatic rings. The van der Waals surface area contributed by atoms with E-state index in [1.165, 1.54) is 18.5 Å². The van der Waals surface area contributed by atoms with Crippen molar-refractivity contribution in [1.82, 2.24) is 14.9 Å². The Morgan fingerprint density at radius 2 is 1.86 bits per heavy atom. The molecule has 1 fully saturated rings. The van der Waals surface area contributed by atoms with Crippen LogP contribution in [0.4, 0.5) is 4.39 Å². The van der Waals surface area contributed by atoms with Crippen LogP contribution < -0.4 is 9.47 Å². The SMILES string of the molecule is Cc1c(Oc2ccc(S(C)(=O)=O)cc2F)ncnc1OC1CCN(CC(=O)c2cccc(Cl)c2)CC1. The highest BCUT2D eigenvalue weighted by Crippen LogP contribution is 2.31. The third kappa shape index (κ3) is 6.37. The zero-order valence-electron chi connectivity index (χ0n) is 19.8. The van der Waals surface area contributed by atoms with E-state index < -0.39 is 15.7 Å². The molecule has 0 spiro atoms. The van der Waals surface area contributed by atoms with Crippen LogP contribution in [-0.2, 0) is 9.84 Å². The summed E-state index contributed by atoms with van der Waals surface area (Å²) in [6.07, 6.45) is 3.55. The molecule has 0 aliphatic carbocycles. The lowest BCUT2D eigenvalue weighted by Gasteiger charge is -2.31. The van der Waals surface area contributed by atoms with Gasteiger partial charge in [0.05, 0.1) is 17.0 Å². The molecular formula is C25H25ClFN3O5S. The van der Waals surface area contributed by atoms with E-state index in [1.54, 1.807) is 31.2 Å². The van der Waals surface area contributed by atoms with Crippen molar-refractivity contribution < 1.29 is 27.1 Å². The van der Waals surface area contributed by atoms with Crippen molar-refractivity contribution in [3.63, 3.8) is 0 Å². The second kappa shape index (κ2) is 10.9. The molecule has 36 heavy (non-hydrogen) atoms. The Bertz CT molecular complexity index is 1380. The zero-order chi connectivity index (χ0) is 25.9. The fraction of sp³-hybridized carbons (Fsp3) is 0.320. The molecule has 0 bridgehead atoms. The first kappa shape index (κ1) is 26.0. The molecular weight excluding hydrogens is 509 g/mol. The summed E-state index contributed by atoms with van der Waals surface area (Å²) in [5.74, 6) is -0.537. The topological polar surface area (TPSA) is 98.7 Å². The van der Waals surface area contributed by atoms with Crippen molar-refractivity contribution in [3.05, 3.63) is 70.8 Å². The largest absolute Gasteiger partial charge is 0.474 e. The number of aromatic nitrogens is 2. The number of sulfone groups is 1. The Morgan fingerprint density at radius 1 is 1.14 bits per heavy atom. The van der Waals surface area contributed by atoms with E-state index in [2.05, 4.69) is 14.9 Å². The molecule has 11 heteroatoms. The van der Waals surface area contributed by atoms with Gasteiger partial charge in [0, 0.05) is 29.9 Å². The molecule has 1 aromatic heterocycles. The van der Waals surface area contributed by atoms with Gasteiger partial charge in [-0.15, -0.1) is 0 Å². The van der Waals surface area contributed by atoms with Gasteiger partial charge in [-0.1, -0.05) is 23.7 Å². The summed E-state index contributed by atoms with van der Waals surface area (Å²) >= 11 is 5.99. The molecule has 0 saturated carbocycles.